The summed E-state index contributed by atoms with van der Waals surface area (Å²) in [7, 11) is -3.66. The van der Waals surface area contributed by atoms with E-state index in [-0.39, 0.29) is 43.5 Å². The van der Waals surface area contributed by atoms with E-state index >= 15 is 0 Å². The maximum atomic E-state index is 12.7. The largest absolute Gasteiger partial charge is 0.339 e. The molecule has 158 valence electrons. The lowest BCUT2D eigenvalue weighted by Gasteiger charge is -2.37. The monoisotopic (exact) mass is 442 g/mol. The van der Waals surface area contributed by atoms with Crippen LogP contribution in [-0.2, 0) is 24.4 Å². The van der Waals surface area contributed by atoms with E-state index < -0.39 is 21.8 Å². The van der Waals surface area contributed by atoms with Crippen molar-refractivity contribution in [2.75, 3.05) is 52.4 Å². The zero-order chi connectivity index (χ0) is 21.2. The predicted octanol–water partition coefficient (Wildman–Crippen LogP) is -0.136. The van der Waals surface area contributed by atoms with Crippen LogP contribution in [0.2, 0.25) is 5.02 Å². The summed E-state index contributed by atoms with van der Waals surface area (Å²) in [6.07, 6.45) is 0. The molecule has 29 heavy (non-hydrogen) atoms. The van der Waals surface area contributed by atoms with E-state index in [9.17, 15) is 22.8 Å². The van der Waals surface area contributed by atoms with Gasteiger partial charge in [-0.3, -0.25) is 14.4 Å². The molecule has 2 saturated heterocycles. The lowest BCUT2D eigenvalue weighted by atomic mass is 10.2. The Bertz CT molecular complexity index is 897. The molecule has 2 aliphatic rings. The molecule has 11 heteroatoms. The van der Waals surface area contributed by atoms with Crippen LogP contribution < -0.4 is 0 Å². The minimum Gasteiger partial charge on any atom is -0.339 e. The zero-order valence-corrected chi connectivity index (χ0v) is 17.7. The summed E-state index contributed by atoms with van der Waals surface area (Å²) in [5, 5.41) is 0.451. The van der Waals surface area contributed by atoms with Crippen molar-refractivity contribution in [2.45, 2.75) is 11.8 Å². The fourth-order valence-corrected chi connectivity index (χ4v) is 4.91. The van der Waals surface area contributed by atoms with Crippen LogP contribution in [0.1, 0.15) is 6.92 Å². The van der Waals surface area contributed by atoms with Gasteiger partial charge in [0, 0.05) is 50.8 Å². The molecule has 0 N–H and O–H groups in total. The summed E-state index contributed by atoms with van der Waals surface area (Å²) in [6, 6.07) is 5.94. The quantitative estimate of drug-likeness (QED) is 0.591. The second kappa shape index (κ2) is 8.68. The number of amides is 3. The van der Waals surface area contributed by atoms with E-state index in [0.717, 1.165) is 0 Å². The highest BCUT2D eigenvalue weighted by molar-refractivity contribution is 7.89. The average molecular weight is 443 g/mol. The molecule has 3 amide bonds. The number of benzene rings is 1. The van der Waals surface area contributed by atoms with E-state index in [2.05, 4.69) is 0 Å². The molecule has 0 atom stereocenters. The number of carbonyl (C=O) groups is 3. The molecule has 3 rings (SSSR count). The van der Waals surface area contributed by atoms with E-state index in [1.54, 1.807) is 6.92 Å². The number of piperazine rings is 2. The molecule has 0 unspecified atom stereocenters. The van der Waals surface area contributed by atoms with Crippen molar-refractivity contribution < 1.29 is 22.8 Å². The van der Waals surface area contributed by atoms with Gasteiger partial charge in [0.15, 0.2) is 0 Å². The smallest absolute Gasteiger partial charge is 0.312 e. The molecule has 1 aromatic carbocycles. The number of halogens is 1. The van der Waals surface area contributed by atoms with Gasteiger partial charge in [-0.25, -0.2) is 8.42 Å². The molecule has 0 aromatic heterocycles. The molecule has 9 nitrogen and oxygen atoms in total. The molecule has 2 heterocycles. The number of hydrogen-bond donors (Lipinski definition) is 0. The first-order valence-corrected chi connectivity index (χ1v) is 11.2. The van der Waals surface area contributed by atoms with Crippen LogP contribution in [0.4, 0.5) is 0 Å². The van der Waals surface area contributed by atoms with Gasteiger partial charge in [0.2, 0.25) is 15.9 Å². The van der Waals surface area contributed by atoms with Crippen molar-refractivity contribution in [3.63, 3.8) is 0 Å². The van der Waals surface area contributed by atoms with Gasteiger partial charge in [-0.1, -0.05) is 11.6 Å². The SMILES string of the molecule is CCN1CCN(CC(=O)N2CCN(S(=O)(=O)c3ccc(Cl)cc3)CC2)C(=O)C1=O. The number of hydrogen-bond acceptors (Lipinski definition) is 5. The first kappa shape index (κ1) is 21.5. The lowest BCUT2D eigenvalue weighted by Crippen LogP contribution is -2.58. The minimum absolute atomic E-state index is 0.152. The van der Waals surface area contributed by atoms with Crippen molar-refractivity contribution in [3.8, 4) is 0 Å². The second-order valence-electron chi connectivity index (χ2n) is 6.85. The molecular formula is C18H23ClN4O5S. The van der Waals surface area contributed by atoms with E-state index in [1.165, 1.54) is 43.3 Å². The standard InChI is InChI=1S/C18H23ClN4O5S/c1-2-20-7-8-22(18(26)17(20)25)13-16(24)21-9-11-23(12-10-21)29(27,28)15-5-3-14(19)4-6-15/h3-6H,2,7-13H2,1H3. The summed E-state index contributed by atoms with van der Waals surface area (Å²) in [5.41, 5.74) is 0. The van der Waals surface area contributed by atoms with E-state index in [4.69, 9.17) is 11.6 Å². The van der Waals surface area contributed by atoms with Gasteiger partial charge in [-0.15, -0.1) is 0 Å². The third-order valence-electron chi connectivity index (χ3n) is 5.15. The second-order valence-corrected chi connectivity index (χ2v) is 9.22. The van der Waals surface area contributed by atoms with Crippen molar-refractivity contribution in [1.82, 2.24) is 19.0 Å². The summed E-state index contributed by atoms with van der Waals surface area (Å²) in [5.74, 6) is -1.56. The Balaban J connectivity index is 1.56. The Kier molecular flexibility index (Phi) is 6.45. The Morgan fingerprint density at radius 3 is 2.07 bits per heavy atom. The van der Waals surface area contributed by atoms with Gasteiger partial charge >= 0.3 is 11.8 Å². The van der Waals surface area contributed by atoms with Crippen LogP contribution in [0.5, 0.6) is 0 Å². The third-order valence-corrected chi connectivity index (χ3v) is 7.31. The number of sulfonamides is 1. The molecule has 0 spiro atoms. The van der Waals surface area contributed by atoms with Gasteiger partial charge < -0.3 is 14.7 Å². The Morgan fingerprint density at radius 2 is 1.48 bits per heavy atom. The van der Waals surface area contributed by atoms with Gasteiger partial charge in [-0.05, 0) is 31.2 Å². The molecule has 2 fully saturated rings. The molecule has 2 aliphatic heterocycles. The molecule has 1 aromatic rings. The lowest BCUT2D eigenvalue weighted by molar-refractivity contribution is -0.157. The first-order valence-electron chi connectivity index (χ1n) is 9.35. The Hall–Kier alpha value is -2.17. The summed E-state index contributed by atoms with van der Waals surface area (Å²) in [4.78, 5) is 41.0. The van der Waals surface area contributed by atoms with Crippen LogP contribution in [0, 0.1) is 0 Å². The highest BCUT2D eigenvalue weighted by Crippen LogP contribution is 2.20. The molecule has 0 aliphatic carbocycles. The van der Waals surface area contributed by atoms with Crippen LogP contribution in [-0.4, -0.2) is 97.5 Å². The van der Waals surface area contributed by atoms with Gasteiger partial charge in [0.1, 0.15) is 6.54 Å². The fraction of sp³-hybridized carbons (Fsp3) is 0.500. The minimum atomic E-state index is -3.66. The van der Waals surface area contributed by atoms with Crippen LogP contribution in [0.3, 0.4) is 0 Å². The van der Waals surface area contributed by atoms with E-state index in [1.807, 2.05) is 0 Å². The summed E-state index contributed by atoms with van der Waals surface area (Å²) in [6.45, 7) is 3.56. The van der Waals surface area contributed by atoms with Crippen molar-refractivity contribution in [1.29, 1.82) is 0 Å². The van der Waals surface area contributed by atoms with Crippen LogP contribution in [0.25, 0.3) is 0 Å². The summed E-state index contributed by atoms with van der Waals surface area (Å²) < 4.78 is 26.8. The number of nitrogens with zero attached hydrogens (tertiary/aromatic N) is 4. The number of rotatable bonds is 5. The topological polar surface area (TPSA) is 98.3 Å². The summed E-state index contributed by atoms with van der Waals surface area (Å²) >= 11 is 5.81. The third kappa shape index (κ3) is 4.54. The first-order chi connectivity index (χ1) is 13.7. The van der Waals surface area contributed by atoms with Crippen LogP contribution >= 0.6 is 11.6 Å². The highest BCUT2D eigenvalue weighted by Gasteiger charge is 2.35. The maximum absolute atomic E-state index is 12.7. The van der Waals surface area contributed by atoms with E-state index in [0.29, 0.717) is 24.7 Å². The normalized spacial score (nSPS) is 19.0. The zero-order valence-electron chi connectivity index (χ0n) is 16.1. The molecule has 0 saturated carbocycles. The molecule has 0 radical (unpaired) electrons. The van der Waals surface area contributed by atoms with Gasteiger partial charge in [0.25, 0.3) is 0 Å². The van der Waals surface area contributed by atoms with Gasteiger partial charge in [0.05, 0.1) is 4.90 Å². The van der Waals surface area contributed by atoms with Gasteiger partial charge in [-0.2, -0.15) is 4.31 Å². The van der Waals surface area contributed by atoms with Crippen molar-refractivity contribution in [3.05, 3.63) is 29.3 Å². The molecular weight excluding hydrogens is 420 g/mol. The number of likely N-dealkylation sites (N-methyl/N-ethyl adjacent to an activating group) is 1. The average Bonchev–Trinajstić information content (AvgIpc) is 2.72. The van der Waals surface area contributed by atoms with Crippen LogP contribution in [0.15, 0.2) is 29.2 Å². The Labute approximate surface area is 174 Å². The fourth-order valence-electron chi connectivity index (χ4n) is 3.36. The molecule has 0 bridgehead atoms. The van der Waals surface area contributed by atoms with Crippen molar-refractivity contribution in [2.24, 2.45) is 0 Å². The van der Waals surface area contributed by atoms with Crippen molar-refractivity contribution >= 4 is 39.3 Å². The maximum Gasteiger partial charge on any atom is 0.312 e. The Morgan fingerprint density at radius 1 is 0.931 bits per heavy atom. The predicted molar refractivity (Wildman–Crippen MR) is 106 cm³/mol. The highest BCUT2D eigenvalue weighted by atomic mass is 35.5. The number of carbonyl (C=O) groups excluding carboxylic acids is 3.